The van der Waals surface area contributed by atoms with E-state index < -0.39 is 18.9 Å². The van der Waals surface area contributed by atoms with Crippen LogP contribution in [0.2, 0.25) is 0 Å². The Kier molecular flexibility index (Phi) is 11.1. The van der Waals surface area contributed by atoms with Gasteiger partial charge < -0.3 is 4.90 Å². The molecular weight excluding hydrogens is 1000 g/mol. The van der Waals surface area contributed by atoms with Crippen molar-refractivity contribution in [2.75, 3.05) is 4.90 Å². The molecule has 0 N–H and O–H groups in total. The fraction of sp³-hybridized carbons (Fsp3) is 0.0250. The predicted molar refractivity (Wildman–Crippen MR) is 344 cm³/mol. The predicted octanol–water partition coefficient (Wildman–Crippen LogP) is 16.9. The highest BCUT2D eigenvalue weighted by Gasteiger charge is 2.50. The van der Waals surface area contributed by atoms with Crippen LogP contribution in [-0.2, 0) is 10.8 Å². The Bertz CT molecular complexity index is 4250. The molecule has 16 rings (SSSR count). The van der Waals surface area contributed by atoms with Crippen LogP contribution in [0.25, 0.3) is 44.5 Å². The summed E-state index contributed by atoms with van der Waals surface area (Å²) in [5.41, 5.74) is 22.4. The molecule has 2 aliphatic carbocycles. The van der Waals surface area contributed by atoms with E-state index in [2.05, 4.69) is 339 Å². The summed E-state index contributed by atoms with van der Waals surface area (Å²) in [7, 11) is -2.70. The monoisotopic (exact) mass is 1060 g/mol. The van der Waals surface area contributed by atoms with Crippen LogP contribution < -0.4 is 25.6 Å². The Labute approximate surface area is 481 Å². The van der Waals surface area contributed by atoms with Crippen LogP contribution in [-0.4, -0.2) is 8.07 Å². The average molecular weight is 1060 g/mol. The van der Waals surface area contributed by atoms with Gasteiger partial charge in [0.05, 0.1) is 10.8 Å². The van der Waals surface area contributed by atoms with E-state index in [0.717, 1.165) is 17.1 Å². The first-order chi connectivity index (χ1) is 40.7. The van der Waals surface area contributed by atoms with Crippen molar-refractivity contribution < 1.29 is 0 Å². The number of benzene rings is 13. The molecule has 1 nitrogen and oxygen atoms in total. The Balaban J connectivity index is 0.910. The maximum atomic E-state index is 2.51. The summed E-state index contributed by atoms with van der Waals surface area (Å²) >= 11 is 0. The molecular formula is C80H55NSi. The van der Waals surface area contributed by atoms with Gasteiger partial charge in [0, 0.05) is 17.1 Å². The summed E-state index contributed by atoms with van der Waals surface area (Å²) in [6, 6.07) is 126. The zero-order chi connectivity index (χ0) is 54.2. The van der Waals surface area contributed by atoms with Crippen LogP contribution in [0.4, 0.5) is 17.1 Å². The Morgan fingerprint density at radius 2 is 0.573 bits per heavy atom. The van der Waals surface area contributed by atoms with Crippen molar-refractivity contribution in [1.82, 2.24) is 0 Å². The Hall–Kier alpha value is -10.1. The molecule has 1 aliphatic heterocycles. The summed E-state index contributed by atoms with van der Waals surface area (Å²) in [4.78, 5) is 2.51. The molecule has 13 aromatic carbocycles. The van der Waals surface area contributed by atoms with E-state index in [-0.39, 0.29) is 0 Å². The molecule has 0 atom stereocenters. The van der Waals surface area contributed by atoms with Crippen molar-refractivity contribution >= 4 is 45.9 Å². The second-order valence-corrected chi connectivity index (χ2v) is 25.9. The highest BCUT2D eigenvalue weighted by atomic mass is 28.3. The number of hydrogen-bond donors (Lipinski definition) is 0. The molecule has 1 heterocycles. The summed E-state index contributed by atoms with van der Waals surface area (Å²) in [5.74, 6) is 0. The lowest BCUT2D eigenvalue weighted by Crippen LogP contribution is -2.72. The minimum Gasteiger partial charge on any atom is -0.310 e. The van der Waals surface area contributed by atoms with Gasteiger partial charge >= 0.3 is 0 Å². The van der Waals surface area contributed by atoms with Gasteiger partial charge in [-0.2, -0.15) is 0 Å². The van der Waals surface area contributed by atoms with Gasteiger partial charge in [0.25, 0.3) is 0 Å². The van der Waals surface area contributed by atoms with Crippen LogP contribution in [0, 0.1) is 0 Å². The van der Waals surface area contributed by atoms with E-state index >= 15 is 0 Å². The zero-order valence-corrected chi connectivity index (χ0v) is 46.2. The van der Waals surface area contributed by atoms with Crippen LogP contribution >= 0.6 is 0 Å². The third-order valence-corrected chi connectivity index (χ3v) is 23.2. The minimum absolute atomic E-state index is 0.568. The number of anilines is 3. The smallest absolute Gasteiger partial charge is 0.180 e. The molecule has 82 heavy (non-hydrogen) atoms. The lowest BCUT2D eigenvalue weighted by molar-refractivity contribution is 0.767. The quantitative estimate of drug-likeness (QED) is 0.123. The molecule has 2 heteroatoms. The molecule has 0 amide bonds. The van der Waals surface area contributed by atoms with E-state index in [4.69, 9.17) is 0 Å². The highest BCUT2D eigenvalue weighted by Crippen LogP contribution is 2.59. The van der Waals surface area contributed by atoms with Crippen molar-refractivity contribution in [3.05, 3.63) is 378 Å². The lowest BCUT2D eigenvalue weighted by Gasteiger charge is -2.36. The number of hydrogen-bond acceptors (Lipinski definition) is 1. The topological polar surface area (TPSA) is 3.24 Å². The average Bonchev–Trinajstić information content (AvgIpc) is 3.13. The van der Waals surface area contributed by atoms with Crippen LogP contribution in [0.3, 0.4) is 0 Å². The fourth-order valence-corrected chi connectivity index (χ4v) is 20.3. The van der Waals surface area contributed by atoms with Crippen molar-refractivity contribution in [2.45, 2.75) is 10.8 Å². The molecule has 0 radical (unpaired) electrons. The molecule has 0 saturated carbocycles. The first-order valence-electron chi connectivity index (χ1n) is 28.7. The zero-order valence-electron chi connectivity index (χ0n) is 45.2. The third kappa shape index (κ3) is 6.86. The SMILES string of the molecule is c1ccc(C2(c3ccccc3)c3ccccc3-c3ccc(N(c4ccc(-c5cccc([Si]6(c7ccccc7)c7ccccc7-c7ccccc76)c5)cc4)c4ccc5c(c4)C(c4ccccc4)(c4ccccc4)c4ccccc4-5)cc32)cc1. The number of rotatable bonds is 10. The largest absolute Gasteiger partial charge is 0.310 e. The molecule has 0 spiro atoms. The van der Waals surface area contributed by atoms with Gasteiger partial charge in [0.2, 0.25) is 0 Å². The Morgan fingerprint density at radius 1 is 0.220 bits per heavy atom. The normalized spacial score (nSPS) is 14.1. The summed E-state index contributed by atoms with van der Waals surface area (Å²) < 4.78 is 0. The van der Waals surface area contributed by atoms with E-state index in [1.807, 2.05) is 0 Å². The summed E-state index contributed by atoms with van der Waals surface area (Å²) in [6.45, 7) is 0. The van der Waals surface area contributed by atoms with Gasteiger partial charge in [-0.15, -0.1) is 0 Å². The van der Waals surface area contributed by atoms with Gasteiger partial charge in [0.15, 0.2) is 8.07 Å². The minimum atomic E-state index is -2.70. The van der Waals surface area contributed by atoms with Crippen LogP contribution in [0.15, 0.2) is 334 Å². The Morgan fingerprint density at radius 3 is 1.02 bits per heavy atom. The van der Waals surface area contributed by atoms with E-state index in [1.54, 1.807) is 0 Å². The molecule has 384 valence electrons. The first kappa shape index (κ1) is 47.8. The standard InChI is InChI=1S/C80H55NSi/c1-6-26-58(27-7-1)79(59-28-8-2-9-29-59)73-41-20-16-37-67(73)69-51-49-63(54-75(69)79)81(64-50-52-70-68-38-17-21-42-74(68)80(76(70)55-64,60-30-10-3-11-31-60)61-32-12-4-13-33-61)62-47-45-56(46-48-62)57-25-24-36-66(53-57)82(65-34-14-5-15-35-65)77-43-22-18-39-71(77)72-40-19-23-44-78(72)82/h1-55H. The maximum absolute atomic E-state index is 2.70. The molecule has 0 bridgehead atoms. The van der Waals surface area contributed by atoms with Gasteiger partial charge in [-0.25, -0.2) is 0 Å². The van der Waals surface area contributed by atoms with E-state index in [0.29, 0.717) is 0 Å². The van der Waals surface area contributed by atoms with Crippen LogP contribution in [0.5, 0.6) is 0 Å². The third-order valence-electron chi connectivity index (χ3n) is 18.3. The molecule has 0 aromatic heterocycles. The van der Waals surface area contributed by atoms with Crippen molar-refractivity contribution in [3.8, 4) is 44.5 Å². The highest BCUT2D eigenvalue weighted by molar-refractivity contribution is 7.22. The molecule has 3 aliphatic rings. The maximum Gasteiger partial charge on any atom is 0.180 e. The lowest BCUT2D eigenvalue weighted by atomic mass is 9.67. The van der Waals surface area contributed by atoms with Crippen LogP contribution in [0.1, 0.15) is 44.5 Å². The van der Waals surface area contributed by atoms with E-state index in [1.165, 1.54) is 110 Å². The molecule has 13 aromatic rings. The van der Waals surface area contributed by atoms with Crippen molar-refractivity contribution in [2.24, 2.45) is 0 Å². The molecule has 0 unspecified atom stereocenters. The second kappa shape index (κ2) is 19.0. The van der Waals surface area contributed by atoms with Gasteiger partial charge in [-0.3, -0.25) is 0 Å². The number of nitrogens with zero attached hydrogens (tertiary/aromatic N) is 1. The molecule has 0 saturated heterocycles. The van der Waals surface area contributed by atoms with Gasteiger partial charge in [-0.1, -0.05) is 297 Å². The van der Waals surface area contributed by atoms with Crippen molar-refractivity contribution in [3.63, 3.8) is 0 Å². The summed E-state index contributed by atoms with van der Waals surface area (Å²) in [5, 5.41) is 5.69. The fourth-order valence-electron chi connectivity index (χ4n) is 15.0. The first-order valence-corrected chi connectivity index (χ1v) is 30.7. The van der Waals surface area contributed by atoms with E-state index in [9.17, 15) is 0 Å². The van der Waals surface area contributed by atoms with Gasteiger partial charge in [-0.05, 0) is 146 Å². The summed E-state index contributed by atoms with van der Waals surface area (Å²) in [6.07, 6.45) is 0. The van der Waals surface area contributed by atoms with Crippen molar-refractivity contribution in [1.29, 1.82) is 0 Å². The van der Waals surface area contributed by atoms with Gasteiger partial charge in [0.1, 0.15) is 0 Å². The second-order valence-electron chi connectivity index (χ2n) is 22.2. The molecule has 0 fully saturated rings. The number of fused-ring (bicyclic) bond motifs is 9.